The maximum Gasteiger partial charge on any atom is 0.222 e. The van der Waals surface area contributed by atoms with Crippen molar-refractivity contribution in [2.75, 3.05) is 13.1 Å². The van der Waals surface area contributed by atoms with Gasteiger partial charge < -0.3 is 4.90 Å². The molecule has 30 heavy (non-hydrogen) atoms. The van der Waals surface area contributed by atoms with Crippen LogP contribution in [0.1, 0.15) is 54.5 Å². The van der Waals surface area contributed by atoms with Crippen molar-refractivity contribution in [1.82, 2.24) is 24.6 Å². The molecule has 0 saturated carbocycles. The van der Waals surface area contributed by atoms with Crippen molar-refractivity contribution >= 4 is 17.2 Å². The van der Waals surface area contributed by atoms with Crippen LogP contribution in [0.15, 0.2) is 29.6 Å². The van der Waals surface area contributed by atoms with Gasteiger partial charge in [0.05, 0.1) is 16.3 Å². The Balaban J connectivity index is 1.38. The molecule has 1 aliphatic heterocycles. The summed E-state index contributed by atoms with van der Waals surface area (Å²) >= 11 is 1.69. The lowest BCUT2D eigenvalue weighted by Gasteiger charge is -2.32. The predicted octanol–water partition coefficient (Wildman–Crippen LogP) is 4.51. The summed E-state index contributed by atoms with van der Waals surface area (Å²) in [6.07, 6.45) is 3.40. The van der Waals surface area contributed by atoms with Crippen LogP contribution < -0.4 is 0 Å². The third-order valence-corrected chi connectivity index (χ3v) is 6.54. The quantitative estimate of drug-likeness (QED) is 0.585. The molecule has 4 heterocycles. The Kier molecular flexibility index (Phi) is 6.27. The van der Waals surface area contributed by atoms with Crippen LogP contribution in [0, 0.1) is 20.8 Å². The molecule has 0 N–H and O–H groups in total. The minimum absolute atomic E-state index is 0.206. The highest BCUT2D eigenvalue weighted by atomic mass is 32.1. The molecule has 1 saturated heterocycles. The van der Waals surface area contributed by atoms with Gasteiger partial charge in [0.2, 0.25) is 5.91 Å². The monoisotopic (exact) mass is 423 g/mol. The zero-order valence-corrected chi connectivity index (χ0v) is 18.8. The van der Waals surface area contributed by atoms with E-state index in [-0.39, 0.29) is 11.8 Å². The third kappa shape index (κ3) is 4.78. The zero-order valence-electron chi connectivity index (χ0n) is 18.0. The predicted molar refractivity (Wildman–Crippen MR) is 120 cm³/mol. The lowest BCUT2D eigenvalue weighted by molar-refractivity contribution is -0.132. The second-order valence-corrected chi connectivity index (χ2v) is 9.11. The smallest absolute Gasteiger partial charge is 0.222 e. The number of hydrogen-bond donors (Lipinski definition) is 0. The van der Waals surface area contributed by atoms with Crippen molar-refractivity contribution < 1.29 is 4.79 Å². The summed E-state index contributed by atoms with van der Waals surface area (Å²) in [6, 6.07) is 8.25. The van der Waals surface area contributed by atoms with E-state index in [0.717, 1.165) is 65.8 Å². The van der Waals surface area contributed by atoms with Gasteiger partial charge in [-0.15, -0.1) is 11.3 Å². The number of aryl methyl sites for hydroxylation is 4. The third-order valence-electron chi connectivity index (χ3n) is 5.65. The number of amides is 1. The molecule has 4 rings (SSSR count). The van der Waals surface area contributed by atoms with E-state index in [4.69, 9.17) is 9.97 Å². The van der Waals surface area contributed by atoms with Gasteiger partial charge in [-0.05, 0) is 63.6 Å². The molecule has 0 aliphatic carbocycles. The molecule has 1 aliphatic rings. The summed E-state index contributed by atoms with van der Waals surface area (Å²) in [5.74, 6) is 1.31. The minimum Gasteiger partial charge on any atom is -0.342 e. The zero-order chi connectivity index (χ0) is 21.1. The minimum atomic E-state index is 0.206. The SMILES string of the molecule is Cc1cc(-c2cccs2)nc([C@H]2CCCN(C(=O)CCCn3nc(C)cc3C)C2)n1. The second kappa shape index (κ2) is 9.08. The molecule has 0 aromatic carbocycles. The van der Waals surface area contributed by atoms with E-state index in [1.54, 1.807) is 11.3 Å². The standard InChI is InChI=1S/C23H29N5OS/c1-16-14-20(21-8-6-12-30-21)25-23(24-16)19-7-4-10-27(15-19)22(29)9-5-11-28-18(3)13-17(2)26-28/h6,8,12-14,19H,4-5,7,9-11,15H2,1-3H3/t19-/m0/s1. The summed E-state index contributed by atoms with van der Waals surface area (Å²) in [5.41, 5.74) is 4.14. The topological polar surface area (TPSA) is 63.9 Å². The van der Waals surface area contributed by atoms with Gasteiger partial charge >= 0.3 is 0 Å². The van der Waals surface area contributed by atoms with Crippen LogP contribution in [0.25, 0.3) is 10.6 Å². The van der Waals surface area contributed by atoms with E-state index >= 15 is 0 Å². The Bertz CT molecular complexity index is 1010. The van der Waals surface area contributed by atoms with Crippen molar-refractivity contribution in [1.29, 1.82) is 0 Å². The van der Waals surface area contributed by atoms with Crippen LogP contribution in [0.5, 0.6) is 0 Å². The maximum absolute atomic E-state index is 12.8. The van der Waals surface area contributed by atoms with Gasteiger partial charge in [-0.2, -0.15) is 5.10 Å². The van der Waals surface area contributed by atoms with Crippen LogP contribution in [0.2, 0.25) is 0 Å². The van der Waals surface area contributed by atoms with Crippen molar-refractivity contribution in [3.63, 3.8) is 0 Å². The average Bonchev–Trinajstić information content (AvgIpc) is 3.37. The normalized spacial score (nSPS) is 16.8. The van der Waals surface area contributed by atoms with E-state index in [0.29, 0.717) is 13.0 Å². The highest BCUT2D eigenvalue weighted by Crippen LogP contribution is 2.29. The van der Waals surface area contributed by atoms with E-state index in [9.17, 15) is 4.79 Å². The number of hydrogen-bond acceptors (Lipinski definition) is 5. The van der Waals surface area contributed by atoms with Crippen LogP contribution in [-0.2, 0) is 11.3 Å². The first-order valence-corrected chi connectivity index (χ1v) is 11.6. The van der Waals surface area contributed by atoms with E-state index in [1.807, 2.05) is 35.6 Å². The van der Waals surface area contributed by atoms with Crippen LogP contribution in [0.4, 0.5) is 0 Å². The fourth-order valence-electron chi connectivity index (χ4n) is 4.18. The van der Waals surface area contributed by atoms with Crippen molar-refractivity contribution in [2.45, 2.75) is 58.9 Å². The Morgan fingerprint density at radius 3 is 2.80 bits per heavy atom. The summed E-state index contributed by atoms with van der Waals surface area (Å²) in [6.45, 7) is 8.41. The lowest BCUT2D eigenvalue weighted by atomic mass is 9.96. The fourth-order valence-corrected chi connectivity index (χ4v) is 4.86. The van der Waals surface area contributed by atoms with Gasteiger partial charge in [-0.1, -0.05) is 6.07 Å². The Morgan fingerprint density at radius 2 is 2.07 bits per heavy atom. The maximum atomic E-state index is 12.8. The molecule has 3 aromatic rings. The van der Waals surface area contributed by atoms with Crippen LogP contribution in [0.3, 0.4) is 0 Å². The summed E-state index contributed by atoms with van der Waals surface area (Å²) < 4.78 is 1.99. The van der Waals surface area contributed by atoms with Crippen molar-refractivity contribution in [3.05, 3.63) is 52.6 Å². The highest BCUT2D eigenvalue weighted by Gasteiger charge is 2.27. The van der Waals surface area contributed by atoms with Gasteiger partial charge in [0.25, 0.3) is 0 Å². The van der Waals surface area contributed by atoms with Gasteiger partial charge in [0.15, 0.2) is 0 Å². The molecule has 3 aromatic heterocycles. The van der Waals surface area contributed by atoms with Gasteiger partial charge in [-0.3, -0.25) is 9.48 Å². The Morgan fingerprint density at radius 1 is 1.20 bits per heavy atom. The summed E-state index contributed by atoms with van der Waals surface area (Å²) in [4.78, 5) is 25.6. The molecule has 0 spiro atoms. The van der Waals surface area contributed by atoms with E-state index in [1.165, 1.54) is 0 Å². The first kappa shape index (κ1) is 20.7. The number of aromatic nitrogens is 4. The largest absolute Gasteiger partial charge is 0.342 e. The van der Waals surface area contributed by atoms with Gasteiger partial charge in [-0.25, -0.2) is 9.97 Å². The molecule has 1 amide bonds. The van der Waals surface area contributed by atoms with Crippen LogP contribution in [-0.4, -0.2) is 43.6 Å². The number of carbonyl (C=O) groups is 1. The molecule has 0 bridgehead atoms. The second-order valence-electron chi connectivity index (χ2n) is 8.16. The van der Waals surface area contributed by atoms with E-state index < -0.39 is 0 Å². The number of likely N-dealkylation sites (tertiary alicyclic amines) is 1. The molecule has 6 nitrogen and oxygen atoms in total. The molecule has 158 valence electrons. The number of thiophene rings is 1. The molecular weight excluding hydrogens is 394 g/mol. The lowest BCUT2D eigenvalue weighted by Crippen LogP contribution is -2.39. The molecule has 1 fully saturated rings. The number of nitrogens with zero attached hydrogens (tertiary/aromatic N) is 5. The van der Waals surface area contributed by atoms with Crippen molar-refractivity contribution in [3.8, 4) is 10.6 Å². The first-order chi connectivity index (χ1) is 14.5. The van der Waals surface area contributed by atoms with Gasteiger partial charge in [0, 0.05) is 43.4 Å². The van der Waals surface area contributed by atoms with Crippen LogP contribution >= 0.6 is 11.3 Å². The first-order valence-electron chi connectivity index (χ1n) is 10.7. The molecule has 1 atom stereocenters. The molecule has 7 heteroatoms. The summed E-state index contributed by atoms with van der Waals surface area (Å²) in [5, 5.41) is 6.55. The number of rotatable bonds is 6. The Hall–Kier alpha value is -2.54. The molecular formula is C23H29N5OS. The highest BCUT2D eigenvalue weighted by molar-refractivity contribution is 7.13. The fraction of sp³-hybridized carbons (Fsp3) is 0.478. The van der Waals surface area contributed by atoms with Gasteiger partial charge in [0.1, 0.15) is 5.82 Å². The number of piperidine rings is 1. The summed E-state index contributed by atoms with van der Waals surface area (Å²) in [7, 11) is 0. The Labute approximate surface area is 182 Å². The molecule has 0 radical (unpaired) electrons. The average molecular weight is 424 g/mol. The number of carbonyl (C=O) groups excluding carboxylic acids is 1. The molecule has 0 unspecified atom stereocenters. The van der Waals surface area contributed by atoms with E-state index in [2.05, 4.69) is 29.5 Å². The van der Waals surface area contributed by atoms with Crippen molar-refractivity contribution in [2.24, 2.45) is 0 Å².